The van der Waals surface area contributed by atoms with E-state index in [1.807, 2.05) is 13.0 Å². The molecule has 29 heavy (non-hydrogen) atoms. The topological polar surface area (TPSA) is 68.5 Å². The van der Waals surface area contributed by atoms with E-state index in [0.29, 0.717) is 11.4 Å². The SMILES string of the molecule is COC(=O)c1cn(C2CC2)c2cc(-c3cc4c(s3)CCCC4O)c(C)cc2c1=O. The first-order chi connectivity index (χ1) is 14.0. The van der Waals surface area contributed by atoms with Crippen LogP contribution in [0.2, 0.25) is 0 Å². The average molecular weight is 410 g/mol. The molecule has 0 saturated heterocycles. The quantitative estimate of drug-likeness (QED) is 0.646. The van der Waals surface area contributed by atoms with Gasteiger partial charge in [0.05, 0.1) is 18.7 Å². The van der Waals surface area contributed by atoms with Gasteiger partial charge in [-0.25, -0.2) is 4.79 Å². The number of aromatic nitrogens is 1. The lowest BCUT2D eigenvalue weighted by molar-refractivity contribution is 0.0598. The number of carbonyl (C=O) groups is 1. The number of methoxy groups -OCH3 is 1. The van der Waals surface area contributed by atoms with Crippen LogP contribution in [-0.4, -0.2) is 22.8 Å². The first kappa shape index (κ1) is 18.6. The second-order valence-electron chi connectivity index (χ2n) is 8.08. The number of hydrogen-bond acceptors (Lipinski definition) is 5. The summed E-state index contributed by atoms with van der Waals surface area (Å²) in [5, 5.41) is 10.9. The zero-order valence-corrected chi connectivity index (χ0v) is 17.3. The number of esters is 1. The summed E-state index contributed by atoms with van der Waals surface area (Å²) < 4.78 is 6.89. The number of carbonyl (C=O) groups excluding carboxylic acids is 1. The van der Waals surface area contributed by atoms with Crippen molar-refractivity contribution in [3.8, 4) is 10.4 Å². The standard InChI is InChI=1S/C23H23NO4S/c1-12-8-15-18(24(13-6-7-13)11-17(22(15)26)23(27)28-2)9-14(12)21-10-16-19(25)4-3-5-20(16)29-21/h8-11,13,19,25H,3-7H2,1-2H3. The van der Waals surface area contributed by atoms with Crippen molar-refractivity contribution >= 4 is 28.2 Å². The molecule has 0 bridgehead atoms. The summed E-state index contributed by atoms with van der Waals surface area (Å²) in [6, 6.07) is 6.40. The normalized spacial score (nSPS) is 18.7. The molecule has 2 heterocycles. The number of nitrogens with zero attached hydrogens (tertiary/aromatic N) is 1. The van der Waals surface area contributed by atoms with Gasteiger partial charge in [-0.05, 0) is 73.9 Å². The third kappa shape index (κ3) is 3.02. The van der Waals surface area contributed by atoms with Gasteiger partial charge in [-0.2, -0.15) is 0 Å². The Labute approximate surface area is 172 Å². The third-order valence-corrected chi connectivity index (χ3v) is 7.32. The number of aliphatic hydroxyl groups excluding tert-OH is 1. The minimum atomic E-state index is -0.590. The van der Waals surface area contributed by atoms with Gasteiger partial charge in [0.15, 0.2) is 0 Å². The number of aryl methyl sites for hydroxylation is 2. The minimum absolute atomic E-state index is 0.0914. The molecule has 5 rings (SSSR count). The summed E-state index contributed by atoms with van der Waals surface area (Å²) in [4.78, 5) is 27.5. The van der Waals surface area contributed by atoms with Gasteiger partial charge < -0.3 is 14.4 Å². The number of benzene rings is 1. The van der Waals surface area contributed by atoms with Crippen molar-refractivity contribution in [2.24, 2.45) is 0 Å². The molecule has 1 atom stereocenters. The fourth-order valence-corrected chi connectivity index (χ4v) is 5.68. The van der Waals surface area contributed by atoms with E-state index in [2.05, 4.69) is 16.7 Å². The fraction of sp³-hybridized carbons (Fsp3) is 0.391. The summed E-state index contributed by atoms with van der Waals surface area (Å²) in [6.07, 6.45) is 6.22. The highest BCUT2D eigenvalue weighted by atomic mass is 32.1. The maximum atomic E-state index is 13.0. The van der Waals surface area contributed by atoms with Gasteiger partial charge in [-0.1, -0.05) is 0 Å². The zero-order valence-electron chi connectivity index (χ0n) is 16.5. The lowest BCUT2D eigenvalue weighted by Gasteiger charge is -2.16. The molecule has 1 N–H and O–H groups in total. The van der Waals surface area contributed by atoms with Crippen LogP contribution < -0.4 is 5.43 Å². The molecule has 0 amide bonds. The molecule has 2 aromatic heterocycles. The van der Waals surface area contributed by atoms with Crippen LogP contribution in [0.3, 0.4) is 0 Å². The molecular formula is C23H23NO4S. The van der Waals surface area contributed by atoms with Crippen LogP contribution in [0.15, 0.2) is 29.2 Å². The number of rotatable bonds is 3. The van der Waals surface area contributed by atoms with Crippen molar-refractivity contribution in [2.45, 2.75) is 51.2 Å². The average Bonchev–Trinajstić information content (AvgIpc) is 3.46. The fourth-order valence-electron chi connectivity index (χ4n) is 4.34. The predicted octanol–water partition coefficient (Wildman–Crippen LogP) is 4.53. The van der Waals surface area contributed by atoms with Gasteiger partial charge in [0.1, 0.15) is 5.56 Å². The molecule has 0 aliphatic heterocycles. The smallest absolute Gasteiger partial charge is 0.343 e. The van der Waals surface area contributed by atoms with E-state index in [1.165, 1.54) is 12.0 Å². The van der Waals surface area contributed by atoms with E-state index < -0.39 is 5.97 Å². The van der Waals surface area contributed by atoms with Crippen LogP contribution >= 0.6 is 11.3 Å². The maximum absolute atomic E-state index is 13.0. The van der Waals surface area contributed by atoms with Gasteiger partial charge in [-0.15, -0.1) is 11.3 Å². The number of ether oxygens (including phenoxy) is 1. The van der Waals surface area contributed by atoms with E-state index in [4.69, 9.17) is 4.74 Å². The predicted molar refractivity (Wildman–Crippen MR) is 114 cm³/mol. The minimum Gasteiger partial charge on any atom is -0.465 e. The first-order valence-electron chi connectivity index (χ1n) is 10.1. The Hall–Kier alpha value is -2.44. The van der Waals surface area contributed by atoms with Gasteiger partial charge in [0, 0.05) is 27.4 Å². The summed E-state index contributed by atoms with van der Waals surface area (Å²) in [5.74, 6) is -0.590. The number of aliphatic hydroxyl groups is 1. The van der Waals surface area contributed by atoms with Crippen molar-refractivity contribution in [3.63, 3.8) is 0 Å². The molecule has 0 radical (unpaired) electrons. The second-order valence-corrected chi connectivity index (χ2v) is 9.22. The van der Waals surface area contributed by atoms with Crippen molar-refractivity contribution in [3.05, 3.63) is 56.2 Å². The highest BCUT2D eigenvalue weighted by Gasteiger charge is 2.28. The Morgan fingerprint density at radius 3 is 2.72 bits per heavy atom. The summed E-state index contributed by atoms with van der Waals surface area (Å²) in [6.45, 7) is 2.00. The van der Waals surface area contributed by atoms with E-state index in [0.717, 1.165) is 59.2 Å². The van der Waals surface area contributed by atoms with Crippen LogP contribution in [0.25, 0.3) is 21.3 Å². The van der Waals surface area contributed by atoms with Gasteiger partial charge >= 0.3 is 5.97 Å². The van der Waals surface area contributed by atoms with E-state index >= 15 is 0 Å². The zero-order chi connectivity index (χ0) is 20.3. The molecule has 5 nitrogen and oxygen atoms in total. The van der Waals surface area contributed by atoms with Gasteiger partial charge in [0.25, 0.3) is 0 Å². The van der Waals surface area contributed by atoms with Gasteiger partial charge in [-0.3, -0.25) is 4.79 Å². The summed E-state index contributed by atoms with van der Waals surface area (Å²) >= 11 is 1.74. The first-order valence-corrected chi connectivity index (χ1v) is 10.9. The number of pyridine rings is 1. The Bertz CT molecular complexity index is 1200. The van der Waals surface area contributed by atoms with Crippen LogP contribution in [0.1, 0.15) is 64.2 Å². The Morgan fingerprint density at radius 1 is 1.24 bits per heavy atom. The lowest BCUT2D eigenvalue weighted by atomic mass is 9.95. The van der Waals surface area contributed by atoms with Crippen LogP contribution in [-0.2, 0) is 11.2 Å². The molecule has 2 aliphatic carbocycles. The van der Waals surface area contributed by atoms with E-state index in [1.54, 1.807) is 17.5 Å². The lowest BCUT2D eigenvalue weighted by Crippen LogP contribution is -2.20. The summed E-state index contributed by atoms with van der Waals surface area (Å²) in [7, 11) is 1.30. The molecule has 2 aliphatic rings. The van der Waals surface area contributed by atoms with Crippen LogP contribution in [0, 0.1) is 6.92 Å². The van der Waals surface area contributed by atoms with Crippen molar-refractivity contribution in [2.75, 3.05) is 7.11 Å². The second kappa shape index (κ2) is 6.82. The monoisotopic (exact) mass is 409 g/mol. The van der Waals surface area contributed by atoms with Crippen LogP contribution in [0.4, 0.5) is 0 Å². The molecule has 3 aromatic rings. The van der Waals surface area contributed by atoms with Crippen molar-refractivity contribution in [1.29, 1.82) is 0 Å². The van der Waals surface area contributed by atoms with Gasteiger partial charge in [0.2, 0.25) is 5.43 Å². The summed E-state index contributed by atoms with van der Waals surface area (Å²) in [5.41, 5.74) is 3.80. The highest BCUT2D eigenvalue weighted by molar-refractivity contribution is 7.15. The number of thiophene rings is 1. The molecule has 1 unspecified atom stereocenters. The van der Waals surface area contributed by atoms with E-state index in [-0.39, 0.29) is 17.1 Å². The third-order valence-electron chi connectivity index (χ3n) is 6.07. The molecule has 150 valence electrons. The van der Waals surface area contributed by atoms with Crippen molar-refractivity contribution < 1.29 is 14.6 Å². The number of fused-ring (bicyclic) bond motifs is 2. The molecule has 6 heteroatoms. The Balaban J connectivity index is 1.73. The molecule has 0 spiro atoms. The molecule has 1 fully saturated rings. The Morgan fingerprint density at radius 2 is 2.03 bits per heavy atom. The highest BCUT2D eigenvalue weighted by Crippen LogP contribution is 2.42. The maximum Gasteiger partial charge on any atom is 0.343 e. The largest absolute Gasteiger partial charge is 0.465 e. The van der Waals surface area contributed by atoms with E-state index in [9.17, 15) is 14.7 Å². The van der Waals surface area contributed by atoms with Crippen molar-refractivity contribution in [1.82, 2.24) is 4.57 Å². The molecule has 1 saturated carbocycles. The van der Waals surface area contributed by atoms with Crippen LogP contribution in [0.5, 0.6) is 0 Å². The molecule has 1 aromatic carbocycles. The Kier molecular flexibility index (Phi) is 4.37. The molecular weight excluding hydrogens is 386 g/mol. The number of hydrogen-bond donors (Lipinski definition) is 1.